The highest BCUT2D eigenvalue weighted by atomic mass is 31.1. The van der Waals surface area contributed by atoms with Gasteiger partial charge in [-0.25, -0.2) is 4.57 Å². The zero-order valence-electron chi connectivity index (χ0n) is 10.7. The average molecular weight is 278 g/mol. The van der Waals surface area contributed by atoms with Gasteiger partial charge in [0.05, 0.1) is 0 Å². The molecular formula is C14H15O4P. The van der Waals surface area contributed by atoms with Crippen molar-refractivity contribution in [3.8, 4) is 17.2 Å². The standard InChI is InChI=1S/C14H15O4P/c1-10-5-3-6-11(2)14(10)18-19(16)17-13-8-4-7-12(15)9-13/h3-9,15,19H,1-2H3. The number of phenolic OH excluding ortho intramolecular Hbond substituents is 1. The summed E-state index contributed by atoms with van der Waals surface area (Å²) in [6.45, 7) is 3.76. The van der Waals surface area contributed by atoms with Crippen LogP contribution in [0, 0.1) is 13.8 Å². The molecule has 2 aromatic rings. The second-order valence-corrected chi connectivity index (χ2v) is 5.08. The van der Waals surface area contributed by atoms with Crippen LogP contribution in [0.2, 0.25) is 0 Å². The largest absolute Gasteiger partial charge is 0.508 e. The van der Waals surface area contributed by atoms with Crippen molar-refractivity contribution in [3.63, 3.8) is 0 Å². The molecule has 0 aliphatic rings. The molecule has 2 aromatic carbocycles. The summed E-state index contributed by atoms with van der Waals surface area (Å²) in [5.41, 5.74) is 1.80. The zero-order valence-corrected chi connectivity index (χ0v) is 11.7. The van der Waals surface area contributed by atoms with E-state index in [1.165, 1.54) is 12.1 Å². The fourth-order valence-corrected chi connectivity index (χ4v) is 2.56. The third-order valence-electron chi connectivity index (χ3n) is 2.61. The predicted octanol–water partition coefficient (Wildman–Crippen LogP) is 3.86. The molecule has 1 atom stereocenters. The summed E-state index contributed by atoms with van der Waals surface area (Å²) < 4.78 is 22.4. The van der Waals surface area contributed by atoms with Crippen LogP contribution in [0.4, 0.5) is 0 Å². The number of hydrogen-bond donors (Lipinski definition) is 1. The Morgan fingerprint density at radius 2 is 1.63 bits per heavy atom. The lowest BCUT2D eigenvalue weighted by Gasteiger charge is -2.12. The number of rotatable bonds is 4. The van der Waals surface area contributed by atoms with E-state index in [2.05, 4.69) is 0 Å². The molecule has 0 saturated carbocycles. The Morgan fingerprint density at radius 1 is 1.00 bits per heavy atom. The van der Waals surface area contributed by atoms with Gasteiger partial charge in [-0.1, -0.05) is 24.3 Å². The zero-order chi connectivity index (χ0) is 13.8. The Balaban J connectivity index is 2.10. The second kappa shape index (κ2) is 5.81. The van der Waals surface area contributed by atoms with Crippen molar-refractivity contribution in [2.75, 3.05) is 0 Å². The minimum Gasteiger partial charge on any atom is -0.508 e. The van der Waals surface area contributed by atoms with Crippen molar-refractivity contribution in [2.24, 2.45) is 0 Å². The van der Waals surface area contributed by atoms with Crippen LogP contribution in [-0.2, 0) is 4.57 Å². The molecule has 100 valence electrons. The van der Waals surface area contributed by atoms with Crippen LogP contribution in [0.1, 0.15) is 11.1 Å². The Kier molecular flexibility index (Phi) is 4.13. The van der Waals surface area contributed by atoms with Gasteiger partial charge in [-0.15, -0.1) is 0 Å². The van der Waals surface area contributed by atoms with Crippen molar-refractivity contribution < 1.29 is 18.7 Å². The van der Waals surface area contributed by atoms with Crippen molar-refractivity contribution in [1.29, 1.82) is 0 Å². The molecule has 0 amide bonds. The van der Waals surface area contributed by atoms with Crippen molar-refractivity contribution in [2.45, 2.75) is 13.8 Å². The molecule has 1 N–H and O–H groups in total. The molecular weight excluding hydrogens is 263 g/mol. The van der Waals surface area contributed by atoms with E-state index in [4.69, 9.17) is 9.05 Å². The van der Waals surface area contributed by atoms with Gasteiger partial charge in [0.25, 0.3) is 0 Å². The van der Waals surface area contributed by atoms with E-state index in [-0.39, 0.29) is 5.75 Å². The molecule has 0 saturated heterocycles. The van der Waals surface area contributed by atoms with Crippen LogP contribution in [0.5, 0.6) is 17.2 Å². The van der Waals surface area contributed by atoms with Crippen LogP contribution in [0.15, 0.2) is 42.5 Å². The highest BCUT2D eigenvalue weighted by Crippen LogP contribution is 2.35. The summed E-state index contributed by atoms with van der Waals surface area (Å²) in [6, 6.07) is 11.8. The van der Waals surface area contributed by atoms with Gasteiger partial charge in [-0.3, -0.25) is 0 Å². The molecule has 0 aliphatic carbocycles. The SMILES string of the molecule is Cc1cccc(C)c1O[PH](=O)Oc1cccc(O)c1. The molecule has 19 heavy (non-hydrogen) atoms. The van der Waals surface area contributed by atoms with E-state index in [0.717, 1.165) is 11.1 Å². The number of para-hydroxylation sites is 1. The minimum absolute atomic E-state index is 0.0550. The fraction of sp³-hybridized carbons (Fsp3) is 0.143. The molecule has 0 radical (unpaired) electrons. The van der Waals surface area contributed by atoms with Crippen LogP contribution in [-0.4, -0.2) is 5.11 Å². The maximum Gasteiger partial charge on any atom is 0.418 e. The van der Waals surface area contributed by atoms with Gasteiger partial charge in [0.2, 0.25) is 0 Å². The van der Waals surface area contributed by atoms with Gasteiger partial charge in [-0.05, 0) is 37.1 Å². The number of phenols is 1. The lowest BCUT2D eigenvalue weighted by molar-refractivity contribution is 0.411. The second-order valence-electron chi connectivity index (χ2n) is 4.17. The first-order chi connectivity index (χ1) is 9.06. The van der Waals surface area contributed by atoms with Crippen molar-refractivity contribution in [1.82, 2.24) is 0 Å². The van der Waals surface area contributed by atoms with Crippen LogP contribution in [0.25, 0.3) is 0 Å². The first-order valence-electron chi connectivity index (χ1n) is 5.81. The summed E-state index contributed by atoms with van der Waals surface area (Å²) in [5, 5.41) is 9.29. The monoisotopic (exact) mass is 278 g/mol. The molecule has 0 aromatic heterocycles. The minimum atomic E-state index is -2.72. The number of benzene rings is 2. The van der Waals surface area contributed by atoms with Gasteiger partial charge in [-0.2, -0.15) is 0 Å². The number of hydrogen-bond acceptors (Lipinski definition) is 4. The summed E-state index contributed by atoms with van der Waals surface area (Å²) in [4.78, 5) is 0. The summed E-state index contributed by atoms with van der Waals surface area (Å²) in [5.74, 6) is 0.945. The number of aryl methyl sites for hydroxylation is 2. The third-order valence-corrected chi connectivity index (χ3v) is 3.39. The number of aromatic hydroxyl groups is 1. The Labute approximate surface area is 112 Å². The van der Waals surface area contributed by atoms with Gasteiger partial charge < -0.3 is 14.2 Å². The van der Waals surface area contributed by atoms with E-state index in [1.807, 2.05) is 32.0 Å². The Morgan fingerprint density at radius 3 is 2.26 bits per heavy atom. The fourth-order valence-electron chi connectivity index (χ4n) is 1.71. The molecule has 0 heterocycles. The normalized spacial score (nSPS) is 11.9. The Bertz CT molecular complexity index is 590. The highest BCUT2D eigenvalue weighted by Gasteiger charge is 2.09. The van der Waals surface area contributed by atoms with Gasteiger partial charge in [0.15, 0.2) is 0 Å². The lowest BCUT2D eigenvalue weighted by atomic mass is 10.1. The van der Waals surface area contributed by atoms with Gasteiger partial charge in [0, 0.05) is 6.07 Å². The molecule has 2 rings (SSSR count). The molecule has 4 nitrogen and oxygen atoms in total. The lowest BCUT2D eigenvalue weighted by Crippen LogP contribution is -1.93. The summed E-state index contributed by atoms with van der Waals surface area (Å²) in [7, 11) is -2.72. The van der Waals surface area contributed by atoms with E-state index in [1.54, 1.807) is 12.1 Å². The average Bonchev–Trinajstić information content (AvgIpc) is 2.34. The molecule has 0 spiro atoms. The van der Waals surface area contributed by atoms with Gasteiger partial charge in [0.1, 0.15) is 17.2 Å². The van der Waals surface area contributed by atoms with Crippen molar-refractivity contribution in [3.05, 3.63) is 53.6 Å². The predicted molar refractivity (Wildman–Crippen MR) is 74.3 cm³/mol. The van der Waals surface area contributed by atoms with Crippen molar-refractivity contribution >= 4 is 8.25 Å². The Hall–Kier alpha value is -1.93. The topological polar surface area (TPSA) is 55.8 Å². The molecule has 0 aliphatic heterocycles. The maximum atomic E-state index is 11.9. The molecule has 0 fully saturated rings. The molecule has 0 bridgehead atoms. The van der Waals surface area contributed by atoms with Gasteiger partial charge >= 0.3 is 8.25 Å². The smallest absolute Gasteiger partial charge is 0.418 e. The summed E-state index contributed by atoms with van der Waals surface area (Å²) >= 11 is 0. The quantitative estimate of drug-likeness (QED) is 0.863. The molecule has 1 unspecified atom stereocenters. The maximum absolute atomic E-state index is 11.9. The summed E-state index contributed by atoms with van der Waals surface area (Å²) in [6.07, 6.45) is 0. The van der Waals surface area contributed by atoms with Crippen LogP contribution in [0.3, 0.4) is 0 Å². The van der Waals surface area contributed by atoms with E-state index in [9.17, 15) is 9.67 Å². The van der Waals surface area contributed by atoms with E-state index in [0.29, 0.717) is 11.5 Å². The van der Waals surface area contributed by atoms with Crippen LogP contribution < -0.4 is 9.05 Å². The van der Waals surface area contributed by atoms with E-state index >= 15 is 0 Å². The third kappa shape index (κ3) is 3.52. The first kappa shape index (κ1) is 13.5. The van der Waals surface area contributed by atoms with E-state index < -0.39 is 8.25 Å². The first-order valence-corrected chi connectivity index (χ1v) is 7.03. The van der Waals surface area contributed by atoms with Crippen LogP contribution >= 0.6 is 8.25 Å². The highest BCUT2D eigenvalue weighted by molar-refractivity contribution is 7.34. The molecule has 5 heteroatoms.